The molecule has 1 aliphatic rings. The van der Waals surface area contributed by atoms with E-state index in [0.29, 0.717) is 0 Å². The molecule has 1 N–H and O–H groups in total. The minimum absolute atomic E-state index is 0.0678. The maximum Gasteiger partial charge on any atom is 0.356 e. The Morgan fingerprint density at radius 2 is 2.44 bits per heavy atom. The zero-order valence-corrected chi connectivity index (χ0v) is 10.4. The summed E-state index contributed by atoms with van der Waals surface area (Å²) in [6, 6.07) is 1.72. The van der Waals surface area contributed by atoms with E-state index in [0.717, 1.165) is 17.9 Å². The summed E-state index contributed by atoms with van der Waals surface area (Å²) in [5.41, 5.74) is 1.25. The fourth-order valence-electron chi connectivity index (χ4n) is 2.27. The van der Waals surface area contributed by atoms with Crippen molar-refractivity contribution in [3.05, 3.63) is 17.5 Å². The van der Waals surface area contributed by atoms with Crippen LogP contribution in [0.2, 0.25) is 0 Å². The Morgan fingerprint density at radius 3 is 2.94 bits per heavy atom. The van der Waals surface area contributed by atoms with Crippen molar-refractivity contribution in [2.75, 3.05) is 11.5 Å². The maximum atomic E-state index is 10.9. The molecule has 1 saturated heterocycles. The lowest BCUT2D eigenvalue weighted by atomic mass is 9.83. The molecule has 0 bridgehead atoms. The number of carbonyl (C=O) groups is 1. The summed E-state index contributed by atoms with van der Waals surface area (Å²) in [7, 11) is 1.83. The lowest BCUT2D eigenvalue weighted by molar-refractivity contribution is 0.0689. The molecule has 2 rings (SSSR count). The largest absolute Gasteiger partial charge is 0.476 e. The van der Waals surface area contributed by atoms with Crippen LogP contribution in [0.5, 0.6) is 0 Å². The predicted molar refractivity (Wildman–Crippen MR) is 64.1 cm³/mol. The second-order valence-corrected chi connectivity index (χ2v) is 5.67. The number of carboxylic acid groups (broad SMARTS) is 1. The van der Waals surface area contributed by atoms with Crippen molar-refractivity contribution in [1.82, 2.24) is 9.78 Å². The molecule has 5 heteroatoms. The summed E-state index contributed by atoms with van der Waals surface area (Å²) in [6.45, 7) is 2.20. The van der Waals surface area contributed by atoms with Gasteiger partial charge in [-0.25, -0.2) is 4.79 Å². The van der Waals surface area contributed by atoms with Gasteiger partial charge in [0.2, 0.25) is 0 Å². The van der Waals surface area contributed by atoms with Crippen LogP contribution in [0.25, 0.3) is 0 Å². The topological polar surface area (TPSA) is 55.1 Å². The first-order valence-electron chi connectivity index (χ1n) is 5.38. The molecule has 1 aromatic rings. The Labute approximate surface area is 99.0 Å². The Balaban J connectivity index is 2.35. The Bertz CT molecular complexity index is 408. The second-order valence-electron chi connectivity index (χ2n) is 4.56. The van der Waals surface area contributed by atoms with Gasteiger partial charge in [-0.1, -0.05) is 6.92 Å². The van der Waals surface area contributed by atoms with Gasteiger partial charge in [0.05, 0.1) is 0 Å². The van der Waals surface area contributed by atoms with E-state index in [2.05, 4.69) is 12.0 Å². The molecule has 1 unspecified atom stereocenters. The van der Waals surface area contributed by atoms with Gasteiger partial charge in [-0.3, -0.25) is 4.68 Å². The third kappa shape index (κ3) is 1.96. The van der Waals surface area contributed by atoms with Crippen molar-refractivity contribution in [1.29, 1.82) is 0 Å². The molecule has 2 heterocycles. The zero-order chi connectivity index (χ0) is 11.8. The first-order chi connectivity index (χ1) is 7.53. The van der Waals surface area contributed by atoms with Gasteiger partial charge in [-0.2, -0.15) is 16.9 Å². The molecule has 0 spiro atoms. The molecule has 4 nitrogen and oxygen atoms in total. The van der Waals surface area contributed by atoms with E-state index >= 15 is 0 Å². The maximum absolute atomic E-state index is 10.9. The number of hydrogen-bond donors (Lipinski definition) is 1. The number of carboxylic acids is 1. The van der Waals surface area contributed by atoms with Gasteiger partial charge < -0.3 is 5.11 Å². The average molecular weight is 240 g/mol. The SMILES string of the molecule is Cn1nc(C(=O)O)cc1C1(C)CCCSC1. The van der Waals surface area contributed by atoms with Crippen molar-refractivity contribution < 1.29 is 9.90 Å². The van der Waals surface area contributed by atoms with E-state index in [-0.39, 0.29) is 11.1 Å². The quantitative estimate of drug-likeness (QED) is 0.858. The molecule has 1 fully saturated rings. The van der Waals surface area contributed by atoms with E-state index in [4.69, 9.17) is 5.11 Å². The third-order valence-corrected chi connectivity index (χ3v) is 4.57. The van der Waals surface area contributed by atoms with Crippen molar-refractivity contribution in [2.24, 2.45) is 7.05 Å². The summed E-state index contributed by atoms with van der Waals surface area (Å²) in [5, 5.41) is 13.0. The van der Waals surface area contributed by atoms with Crippen LogP contribution < -0.4 is 0 Å². The highest BCUT2D eigenvalue weighted by molar-refractivity contribution is 7.99. The first-order valence-corrected chi connectivity index (χ1v) is 6.54. The van der Waals surface area contributed by atoms with E-state index in [1.165, 1.54) is 12.2 Å². The Kier molecular flexibility index (Phi) is 2.97. The van der Waals surface area contributed by atoms with Gasteiger partial charge in [0.1, 0.15) is 0 Å². The van der Waals surface area contributed by atoms with Crippen LogP contribution in [0.1, 0.15) is 35.9 Å². The molecule has 1 aromatic heterocycles. The van der Waals surface area contributed by atoms with E-state index in [9.17, 15) is 4.79 Å². The monoisotopic (exact) mass is 240 g/mol. The fraction of sp³-hybridized carbons (Fsp3) is 0.636. The summed E-state index contributed by atoms with van der Waals surface area (Å²) in [4.78, 5) is 10.9. The molecular weight excluding hydrogens is 224 g/mol. The lowest BCUT2D eigenvalue weighted by Crippen LogP contribution is -2.31. The third-order valence-electron chi connectivity index (χ3n) is 3.16. The van der Waals surface area contributed by atoms with Crippen LogP contribution in [0.15, 0.2) is 6.07 Å². The average Bonchev–Trinajstić information content (AvgIpc) is 2.62. The molecule has 0 aromatic carbocycles. The van der Waals surface area contributed by atoms with Crippen molar-refractivity contribution in [3.63, 3.8) is 0 Å². The van der Waals surface area contributed by atoms with Crippen LogP contribution in [-0.4, -0.2) is 32.4 Å². The molecule has 0 saturated carbocycles. The van der Waals surface area contributed by atoms with Gasteiger partial charge in [-0.15, -0.1) is 0 Å². The highest BCUT2D eigenvalue weighted by atomic mass is 32.2. The fourth-order valence-corrected chi connectivity index (χ4v) is 3.51. The van der Waals surface area contributed by atoms with Crippen molar-refractivity contribution in [2.45, 2.75) is 25.2 Å². The smallest absolute Gasteiger partial charge is 0.356 e. The predicted octanol–water partition coefficient (Wildman–Crippen LogP) is 1.90. The zero-order valence-electron chi connectivity index (χ0n) is 9.56. The van der Waals surface area contributed by atoms with Gasteiger partial charge in [0.15, 0.2) is 5.69 Å². The van der Waals surface area contributed by atoms with Crippen LogP contribution in [0, 0.1) is 0 Å². The normalized spacial score (nSPS) is 25.6. The number of nitrogens with zero attached hydrogens (tertiary/aromatic N) is 2. The summed E-state index contributed by atoms with van der Waals surface area (Å²) >= 11 is 1.93. The van der Waals surface area contributed by atoms with Crippen LogP contribution in [-0.2, 0) is 12.5 Å². The second kappa shape index (κ2) is 4.13. The molecule has 0 amide bonds. The van der Waals surface area contributed by atoms with Crippen molar-refractivity contribution >= 4 is 17.7 Å². The number of aryl methyl sites for hydroxylation is 1. The molecule has 88 valence electrons. The molecule has 0 radical (unpaired) electrons. The molecular formula is C11H16N2O2S. The first kappa shape index (κ1) is 11.5. The minimum Gasteiger partial charge on any atom is -0.476 e. The minimum atomic E-state index is -0.950. The summed E-state index contributed by atoms with van der Waals surface area (Å²) in [6.07, 6.45) is 2.30. The number of hydrogen-bond acceptors (Lipinski definition) is 3. The highest BCUT2D eigenvalue weighted by Crippen LogP contribution is 2.37. The highest BCUT2D eigenvalue weighted by Gasteiger charge is 2.33. The number of rotatable bonds is 2. The molecule has 0 aliphatic carbocycles. The van der Waals surface area contributed by atoms with Crippen LogP contribution >= 0.6 is 11.8 Å². The number of thioether (sulfide) groups is 1. The van der Waals surface area contributed by atoms with Crippen molar-refractivity contribution in [3.8, 4) is 0 Å². The Morgan fingerprint density at radius 1 is 1.69 bits per heavy atom. The van der Waals surface area contributed by atoms with Gasteiger partial charge in [0, 0.05) is 23.9 Å². The molecule has 1 atom stereocenters. The van der Waals surface area contributed by atoms with Gasteiger partial charge >= 0.3 is 5.97 Å². The molecule has 16 heavy (non-hydrogen) atoms. The number of aromatic carboxylic acids is 1. The van der Waals surface area contributed by atoms with Crippen LogP contribution in [0.3, 0.4) is 0 Å². The van der Waals surface area contributed by atoms with Gasteiger partial charge in [0.25, 0.3) is 0 Å². The number of aromatic nitrogens is 2. The Hall–Kier alpha value is -0.970. The van der Waals surface area contributed by atoms with E-state index in [1.54, 1.807) is 10.7 Å². The van der Waals surface area contributed by atoms with E-state index < -0.39 is 5.97 Å². The summed E-state index contributed by atoms with van der Waals surface area (Å²) in [5.74, 6) is 1.30. The van der Waals surface area contributed by atoms with Gasteiger partial charge in [-0.05, 0) is 24.7 Å². The standard InChI is InChI=1S/C11H16N2O2S/c1-11(4-3-5-16-7-11)9-6-8(10(14)15)12-13(9)2/h6H,3-5,7H2,1-2H3,(H,14,15). The van der Waals surface area contributed by atoms with Crippen LogP contribution in [0.4, 0.5) is 0 Å². The van der Waals surface area contributed by atoms with E-state index in [1.807, 2.05) is 18.8 Å². The molecule has 1 aliphatic heterocycles. The lowest BCUT2D eigenvalue weighted by Gasteiger charge is -2.33. The summed E-state index contributed by atoms with van der Waals surface area (Å²) < 4.78 is 1.72.